The van der Waals surface area contributed by atoms with Crippen molar-refractivity contribution < 1.29 is 9.47 Å². The van der Waals surface area contributed by atoms with Crippen molar-refractivity contribution in [2.75, 3.05) is 6.61 Å². The predicted octanol–water partition coefficient (Wildman–Crippen LogP) is 3.17. The van der Waals surface area contributed by atoms with E-state index in [-0.39, 0.29) is 0 Å². The highest BCUT2D eigenvalue weighted by atomic mass is 16.5. The molecule has 0 amide bonds. The average Bonchev–Trinajstić information content (AvgIpc) is 2.47. The van der Waals surface area contributed by atoms with Crippen LogP contribution in [0.15, 0.2) is 36.4 Å². The summed E-state index contributed by atoms with van der Waals surface area (Å²) < 4.78 is 11.1. The third kappa shape index (κ3) is 5.04. The van der Waals surface area contributed by atoms with Crippen LogP contribution < -0.4 is 14.8 Å². The molecular formula is C16H21N3O2. The highest BCUT2D eigenvalue weighted by molar-refractivity contribution is 5.35. The Morgan fingerprint density at radius 3 is 2.57 bits per heavy atom. The molecule has 1 heterocycles. The molecule has 0 atom stereocenters. The summed E-state index contributed by atoms with van der Waals surface area (Å²) in [6.07, 6.45) is 0. The van der Waals surface area contributed by atoms with Crippen molar-refractivity contribution in [2.24, 2.45) is 0 Å². The SMILES string of the molecule is CCOc1cccc(Oc2ccc(CNC(C)C)nn2)c1. The molecular weight excluding hydrogens is 266 g/mol. The van der Waals surface area contributed by atoms with Crippen LogP contribution in [0.1, 0.15) is 26.5 Å². The fraction of sp³-hybridized carbons (Fsp3) is 0.375. The predicted molar refractivity (Wildman–Crippen MR) is 81.7 cm³/mol. The number of rotatable bonds is 7. The molecule has 0 fully saturated rings. The summed E-state index contributed by atoms with van der Waals surface area (Å²) in [5.41, 5.74) is 0.888. The molecule has 0 aliphatic rings. The van der Waals surface area contributed by atoms with Gasteiger partial charge in [0, 0.05) is 24.7 Å². The van der Waals surface area contributed by atoms with Crippen molar-refractivity contribution in [3.8, 4) is 17.4 Å². The zero-order valence-corrected chi connectivity index (χ0v) is 12.7. The van der Waals surface area contributed by atoms with E-state index in [1.54, 1.807) is 0 Å². The van der Waals surface area contributed by atoms with Gasteiger partial charge in [0.2, 0.25) is 5.88 Å². The fourth-order valence-corrected chi connectivity index (χ4v) is 1.72. The van der Waals surface area contributed by atoms with Crippen molar-refractivity contribution in [3.63, 3.8) is 0 Å². The molecule has 0 radical (unpaired) electrons. The van der Waals surface area contributed by atoms with E-state index < -0.39 is 0 Å². The Balaban J connectivity index is 1.98. The molecule has 0 spiro atoms. The Kier molecular flexibility index (Phi) is 5.51. The van der Waals surface area contributed by atoms with Crippen LogP contribution >= 0.6 is 0 Å². The van der Waals surface area contributed by atoms with Gasteiger partial charge >= 0.3 is 0 Å². The van der Waals surface area contributed by atoms with Crippen molar-refractivity contribution in [1.29, 1.82) is 0 Å². The Morgan fingerprint density at radius 1 is 1.10 bits per heavy atom. The molecule has 1 aromatic heterocycles. The Morgan fingerprint density at radius 2 is 1.90 bits per heavy atom. The number of nitrogens with one attached hydrogen (secondary N) is 1. The molecule has 0 saturated carbocycles. The summed E-state index contributed by atoms with van der Waals surface area (Å²) in [7, 11) is 0. The molecule has 0 saturated heterocycles. The zero-order valence-electron chi connectivity index (χ0n) is 12.7. The second-order valence-corrected chi connectivity index (χ2v) is 4.91. The Labute approximate surface area is 125 Å². The van der Waals surface area contributed by atoms with Gasteiger partial charge in [0.25, 0.3) is 0 Å². The van der Waals surface area contributed by atoms with Crippen LogP contribution in [-0.4, -0.2) is 22.8 Å². The molecule has 1 N–H and O–H groups in total. The van der Waals surface area contributed by atoms with Crippen molar-refractivity contribution >= 4 is 0 Å². The van der Waals surface area contributed by atoms with Crippen LogP contribution in [0.4, 0.5) is 0 Å². The number of nitrogens with zero attached hydrogens (tertiary/aromatic N) is 2. The number of benzene rings is 1. The normalized spacial score (nSPS) is 10.7. The molecule has 5 heteroatoms. The topological polar surface area (TPSA) is 56.3 Å². The average molecular weight is 287 g/mol. The fourth-order valence-electron chi connectivity index (χ4n) is 1.72. The minimum absolute atomic E-state index is 0.420. The van der Waals surface area contributed by atoms with Crippen molar-refractivity contribution in [3.05, 3.63) is 42.1 Å². The molecule has 112 valence electrons. The van der Waals surface area contributed by atoms with Crippen LogP contribution in [0.5, 0.6) is 17.4 Å². The molecule has 0 aliphatic heterocycles. The first-order valence-electron chi connectivity index (χ1n) is 7.14. The van der Waals surface area contributed by atoms with E-state index >= 15 is 0 Å². The van der Waals surface area contributed by atoms with Crippen LogP contribution in [0.2, 0.25) is 0 Å². The largest absolute Gasteiger partial charge is 0.494 e. The van der Waals surface area contributed by atoms with E-state index in [1.807, 2.05) is 43.3 Å². The lowest BCUT2D eigenvalue weighted by Crippen LogP contribution is -2.22. The first-order valence-corrected chi connectivity index (χ1v) is 7.14. The van der Waals surface area contributed by atoms with E-state index in [0.717, 1.165) is 11.4 Å². The smallest absolute Gasteiger partial charge is 0.238 e. The number of ether oxygens (including phenoxy) is 2. The zero-order chi connectivity index (χ0) is 15.1. The maximum atomic E-state index is 5.67. The van der Waals surface area contributed by atoms with Crippen LogP contribution in [0.25, 0.3) is 0 Å². The molecule has 2 rings (SSSR count). The first-order chi connectivity index (χ1) is 10.2. The van der Waals surface area contributed by atoms with Crippen LogP contribution in [0.3, 0.4) is 0 Å². The summed E-state index contributed by atoms with van der Waals surface area (Å²) in [6.45, 7) is 7.46. The molecule has 0 aliphatic carbocycles. The van der Waals surface area contributed by atoms with Gasteiger partial charge in [-0.25, -0.2) is 0 Å². The Hall–Kier alpha value is -2.14. The van der Waals surface area contributed by atoms with Gasteiger partial charge in [-0.15, -0.1) is 5.10 Å². The Bertz CT molecular complexity index is 556. The summed E-state index contributed by atoms with van der Waals surface area (Å²) >= 11 is 0. The molecule has 5 nitrogen and oxygen atoms in total. The maximum Gasteiger partial charge on any atom is 0.238 e. The molecule has 21 heavy (non-hydrogen) atoms. The minimum Gasteiger partial charge on any atom is -0.494 e. The summed E-state index contributed by atoms with van der Waals surface area (Å²) in [5, 5.41) is 11.5. The van der Waals surface area contributed by atoms with Crippen LogP contribution in [0, 0.1) is 0 Å². The highest BCUT2D eigenvalue weighted by Gasteiger charge is 2.03. The van der Waals surface area contributed by atoms with Gasteiger partial charge in [0.1, 0.15) is 11.5 Å². The van der Waals surface area contributed by atoms with Gasteiger partial charge < -0.3 is 14.8 Å². The number of hydrogen-bond donors (Lipinski definition) is 1. The van der Waals surface area contributed by atoms with E-state index in [9.17, 15) is 0 Å². The third-order valence-corrected chi connectivity index (χ3v) is 2.73. The van der Waals surface area contributed by atoms with Gasteiger partial charge in [-0.2, -0.15) is 5.10 Å². The molecule has 0 bridgehead atoms. The highest BCUT2D eigenvalue weighted by Crippen LogP contribution is 2.23. The summed E-state index contributed by atoms with van der Waals surface area (Å²) in [4.78, 5) is 0. The van der Waals surface area contributed by atoms with Gasteiger partial charge in [0.05, 0.1) is 12.3 Å². The first kappa shape index (κ1) is 15.3. The maximum absolute atomic E-state index is 5.67. The van der Waals surface area contributed by atoms with Gasteiger partial charge in [-0.05, 0) is 25.1 Å². The molecule has 0 unspecified atom stereocenters. The van der Waals surface area contributed by atoms with Gasteiger partial charge in [0.15, 0.2) is 0 Å². The number of hydrogen-bond acceptors (Lipinski definition) is 5. The van der Waals surface area contributed by atoms with Gasteiger partial charge in [-0.3, -0.25) is 0 Å². The van der Waals surface area contributed by atoms with E-state index in [1.165, 1.54) is 0 Å². The van der Waals surface area contributed by atoms with E-state index in [0.29, 0.717) is 30.8 Å². The van der Waals surface area contributed by atoms with Crippen molar-refractivity contribution in [2.45, 2.75) is 33.4 Å². The standard InChI is InChI=1S/C16H21N3O2/c1-4-20-14-6-5-7-15(10-14)21-16-9-8-13(18-19-16)11-17-12(2)3/h5-10,12,17H,4,11H2,1-3H3. The molecule has 2 aromatic rings. The summed E-state index contributed by atoms with van der Waals surface area (Å²) in [5.74, 6) is 1.93. The summed E-state index contributed by atoms with van der Waals surface area (Å²) in [6, 6.07) is 11.6. The third-order valence-electron chi connectivity index (χ3n) is 2.73. The van der Waals surface area contributed by atoms with E-state index in [2.05, 4.69) is 29.4 Å². The lowest BCUT2D eigenvalue weighted by atomic mass is 10.3. The van der Waals surface area contributed by atoms with E-state index in [4.69, 9.17) is 9.47 Å². The number of aromatic nitrogens is 2. The van der Waals surface area contributed by atoms with Gasteiger partial charge in [-0.1, -0.05) is 19.9 Å². The quantitative estimate of drug-likeness (QED) is 0.847. The lowest BCUT2D eigenvalue weighted by Gasteiger charge is -2.08. The second kappa shape index (κ2) is 7.59. The minimum atomic E-state index is 0.420. The molecule has 1 aromatic carbocycles. The van der Waals surface area contributed by atoms with Crippen molar-refractivity contribution in [1.82, 2.24) is 15.5 Å². The van der Waals surface area contributed by atoms with Crippen LogP contribution in [-0.2, 0) is 6.54 Å². The second-order valence-electron chi connectivity index (χ2n) is 4.91. The monoisotopic (exact) mass is 287 g/mol. The lowest BCUT2D eigenvalue weighted by molar-refractivity contribution is 0.337.